The minimum absolute atomic E-state index is 0.593. The number of hydrogen-bond donors (Lipinski definition) is 1. The van der Waals surface area contributed by atoms with Gasteiger partial charge in [0.05, 0.1) is 11.6 Å². The van der Waals surface area contributed by atoms with Gasteiger partial charge in [-0.15, -0.1) is 0 Å². The van der Waals surface area contributed by atoms with Crippen LogP contribution in [0.4, 0.5) is 0 Å². The Hall–Kier alpha value is -1.07. The van der Waals surface area contributed by atoms with Crippen molar-refractivity contribution in [2.24, 2.45) is 0 Å². The molecular weight excluding hydrogens is 354 g/mol. The van der Waals surface area contributed by atoms with Crippen LogP contribution in [0.15, 0.2) is 46.9 Å². The van der Waals surface area contributed by atoms with Crippen molar-refractivity contribution in [3.63, 3.8) is 0 Å². The van der Waals surface area contributed by atoms with Gasteiger partial charge < -0.3 is 14.8 Å². The van der Waals surface area contributed by atoms with Crippen LogP contribution in [-0.4, -0.2) is 20.3 Å². The fourth-order valence-electron chi connectivity index (χ4n) is 1.81. The van der Waals surface area contributed by atoms with Crippen molar-refractivity contribution in [1.82, 2.24) is 5.32 Å². The number of rotatable bonds is 7. The summed E-state index contributed by atoms with van der Waals surface area (Å²) in [4.78, 5) is 0. The average molecular weight is 371 g/mol. The quantitative estimate of drug-likeness (QED) is 0.721. The molecule has 0 fully saturated rings. The van der Waals surface area contributed by atoms with Crippen molar-refractivity contribution < 1.29 is 9.47 Å². The van der Waals surface area contributed by atoms with E-state index >= 15 is 0 Å². The van der Waals surface area contributed by atoms with E-state index in [9.17, 15) is 0 Å². The lowest BCUT2D eigenvalue weighted by Crippen LogP contribution is -2.18. The molecule has 0 aliphatic heterocycles. The zero-order valence-electron chi connectivity index (χ0n) is 11.7. The standard InChI is InChI=1S/C16H17BrClNO2/c1-20-9-8-19-11-12-6-7-13(17)10-16(12)21-15-5-3-2-4-14(15)18/h2-7,10,19H,8-9,11H2,1H3. The van der Waals surface area contributed by atoms with Gasteiger partial charge in [0.1, 0.15) is 11.5 Å². The Morgan fingerprint density at radius 1 is 1.14 bits per heavy atom. The number of benzene rings is 2. The van der Waals surface area contributed by atoms with Crippen LogP contribution in [0.1, 0.15) is 5.56 Å². The molecule has 0 amide bonds. The van der Waals surface area contributed by atoms with E-state index in [-0.39, 0.29) is 0 Å². The molecular formula is C16H17BrClNO2. The van der Waals surface area contributed by atoms with Crippen molar-refractivity contribution in [2.75, 3.05) is 20.3 Å². The summed E-state index contributed by atoms with van der Waals surface area (Å²) in [5.74, 6) is 1.43. The normalized spacial score (nSPS) is 10.6. The molecule has 0 bridgehead atoms. The molecule has 1 N–H and O–H groups in total. The number of ether oxygens (including phenoxy) is 2. The molecule has 2 aromatic rings. The van der Waals surface area contributed by atoms with Crippen LogP contribution < -0.4 is 10.1 Å². The SMILES string of the molecule is COCCNCc1ccc(Br)cc1Oc1ccccc1Cl. The first-order valence-corrected chi connectivity index (χ1v) is 7.78. The van der Waals surface area contributed by atoms with Gasteiger partial charge in [0.2, 0.25) is 0 Å². The van der Waals surface area contributed by atoms with Crippen LogP contribution in [0, 0.1) is 0 Å². The molecule has 2 aromatic carbocycles. The molecule has 0 unspecified atom stereocenters. The highest BCUT2D eigenvalue weighted by atomic mass is 79.9. The number of halogens is 2. The number of para-hydroxylation sites is 1. The van der Waals surface area contributed by atoms with Gasteiger partial charge in [-0.3, -0.25) is 0 Å². The second kappa shape index (κ2) is 8.39. The minimum Gasteiger partial charge on any atom is -0.455 e. The molecule has 0 aliphatic rings. The zero-order chi connectivity index (χ0) is 15.1. The molecule has 3 nitrogen and oxygen atoms in total. The lowest BCUT2D eigenvalue weighted by Gasteiger charge is -2.13. The van der Waals surface area contributed by atoms with Gasteiger partial charge in [-0.05, 0) is 24.3 Å². The summed E-state index contributed by atoms with van der Waals surface area (Å²) in [5, 5.41) is 3.90. The molecule has 2 rings (SSSR count). The fraction of sp³-hybridized carbons (Fsp3) is 0.250. The zero-order valence-corrected chi connectivity index (χ0v) is 14.1. The summed E-state index contributed by atoms with van der Waals surface area (Å²) in [6.45, 7) is 2.17. The molecule has 0 spiro atoms. The second-order valence-electron chi connectivity index (χ2n) is 4.45. The van der Waals surface area contributed by atoms with Gasteiger partial charge in [-0.1, -0.05) is 45.7 Å². The third kappa shape index (κ3) is 5.00. The van der Waals surface area contributed by atoms with Crippen LogP contribution >= 0.6 is 27.5 Å². The van der Waals surface area contributed by atoms with Gasteiger partial charge in [0.25, 0.3) is 0 Å². The van der Waals surface area contributed by atoms with E-state index in [0.29, 0.717) is 23.9 Å². The molecule has 0 radical (unpaired) electrons. The van der Waals surface area contributed by atoms with Crippen LogP contribution in [0.3, 0.4) is 0 Å². The predicted octanol–water partition coefficient (Wildman–Crippen LogP) is 4.63. The van der Waals surface area contributed by atoms with E-state index in [1.807, 2.05) is 42.5 Å². The van der Waals surface area contributed by atoms with Crippen LogP contribution in [0.25, 0.3) is 0 Å². The molecule has 0 atom stereocenters. The Morgan fingerprint density at radius 2 is 1.95 bits per heavy atom. The Balaban J connectivity index is 2.13. The van der Waals surface area contributed by atoms with Gasteiger partial charge in [0.15, 0.2) is 0 Å². The van der Waals surface area contributed by atoms with Crippen molar-refractivity contribution in [3.8, 4) is 11.5 Å². The van der Waals surface area contributed by atoms with E-state index in [0.717, 1.165) is 22.3 Å². The van der Waals surface area contributed by atoms with Crippen LogP contribution in [0.5, 0.6) is 11.5 Å². The van der Waals surface area contributed by atoms with Gasteiger partial charge in [0, 0.05) is 30.2 Å². The van der Waals surface area contributed by atoms with E-state index in [1.54, 1.807) is 7.11 Å². The van der Waals surface area contributed by atoms with Crippen LogP contribution in [0.2, 0.25) is 5.02 Å². The lowest BCUT2D eigenvalue weighted by molar-refractivity contribution is 0.199. The third-order valence-corrected chi connectivity index (χ3v) is 3.69. The molecule has 5 heteroatoms. The first kappa shape index (κ1) is 16.3. The monoisotopic (exact) mass is 369 g/mol. The van der Waals surface area contributed by atoms with Gasteiger partial charge in [-0.2, -0.15) is 0 Å². The fourth-order valence-corrected chi connectivity index (χ4v) is 2.33. The van der Waals surface area contributed by atoms with E-state index in [2.05, 4.69) is 21.2 Å². The molecule has 0 heterocycles. The topological polar surface area (TPSA) is 30.5 Å². The van der Waals surface area contributed by atoms with Crippen molar-refractivity contribution in [1.29, 1.82) is 0 Å². The minimum atomic E-state index is 0.593. The maximum atomic E-state index is 6.14. The highest BCUT2D eigenvalue weighted by Crippen LogP contribution is 2.32. The van der Waals surface area contributed by atoms with E-state index in [1.165, 1.54) is 0 Å². The lowest BCUT2D eigenvalue weighted by atomic mass is 10.2. The van der Waals surface area contributed by atoms with E-state index < -0.39 is 0 Å². The second-order valence-corrected chi connectivity index (χ2v) is 5.78. The highest BCUT2D eigenvalue weighted by molar-refractivity contribution is 9.10. The smallest absolute Gasteiger partial charge is 0.146 e. The maximum absolute atomic E-state index is 6.14. The number of hydrogen-bond acceptors (Lipinski definition) is 3. The summed E-state index contributed by atoms with van der Waals surface area (Å²) < 4.78 is 11.9. The molecule has 0 aliphatic carbocycles. The Bertz CT molecular complexity index is 592. The number of methoxy groups -OCH3 is 1. The molecule has 112 valence electrons. The first-order chi connectivity index (χ1) is 10.2. The largest absolute Gasteiger partial charge is 0.455 e. The molecule has 0 saturated carbocycles. The summed E-state index contributed by atoms with van der Waals surface area (Å²) in [6, 6.07) is 13.4. The van der Waals surface area contributed by atoms with Crippen molar-refractivity contribution in [2.45, 2.75) is 6.54 Å². The summed E-state index contributed by atoms with van der Waals surface area (Å²) in [6.07, 6.45) is 0. The average Bonchev–Trinajstić information content (AvgIpc) is 2.48. The summed E-state index contributed by atoms with van der Waals surface area (Å²) >= 11 is 9.61. The highest BCUT2D eigenvalue weighted by Gasteiger charge is 2.08. The van der Waals surface area contributed by atoms with Gasteiger partial charge >= 0.3 is 0 Å². The molecule has 21 heavy (non-hydrogen) atoms. The first-order valence-electron chi connectivity index (χ1n) is 6.61. The van der Waals surface area contributed by atoms with Crippen molar-refractivity contribution >= 4 is 27.5 Å². The van der Waals surface area contributed by atoms with Gasteiger partial charge in [-0.25, -0.2) is 0 Å². The molecule has 0 saturated heterocycles. The van der Waals surface area contributed by atoms with Crippen molar-refractivity contribution in [3.05, 3.63) is 57.5 Å². The Kier molecular flexibility index (Phi) is 6.51. The van der Waals surface area contributed by atoms with E-state index in [4.69, 9.17) is 21.1 Å². The summed E-state index contributed by atoms with van der Waals surface area (Å²) in [7, 11) is 1.69. The third-order valence-electron chi connectivity index (χ3n) is 2.88. The summed E-state index contributed by atoms with van der Waals surface area (Å²) in [5.41, 5.74) is 1.06. The Labute approximate surface area is 138 Å². The maximum Gasteiger partial charge on any atom is 0.146 e. The predicted molar refractivity (Wildman–Crippen MR) is 89.3 cm³/mol. The molecule has 0 aromatic heterocycles. The van der Waals surface area contributed by atoms with Crippen LogP contribution in [-0.2, 0) is 11.3 Å². The Morgan fingerprint density at radius 3 is 2.71 bits per heavy atom. The number of nitrogens with one attached hydrogen (secondary N) is 1.